The molecule has 1 fully saturated rings. The maximum absolute atomic E-state index is 13.3. The summed E-state index contributed by atoms with van der Waals surface area (Å²) in [5, 5.41) is 0. The molecular weight excluding hydrogens is 543 g/mol. The summed E-state index contributed by atoms with van der Waals surface area (Å²) in [6, 6.07) is 11.0. The van der Waals surface area contributed by atoms with Gasteiger partial charge in [0, 0.05) is 0 Å². The lowest BCUT2D eigenvalue weighted by molar-refractivity contribution is 0.127. The van der Waals surface area contributed by atoms with E-state index in [2.05, 4.69) is 0 Å². The van der Waals surface area contributed by atoms with Crippen molar-refractivity contribution in [1.29, 1.82) is 0 Å². The van der Waals surface area contributed by atoms with E-state index in [-0.39, 0.29) is 0 Å². The predicted octanol–water partition coefficient (Wildman–Crippen LogP) is 2.36. The number of hydrogen-bond donors (Lipinski definition) is 0. The summed E-state index contributed by atoms with van der Waals surface area (Å²) in [4.78, 5) is -1.20. The second-order valence-electron chi connectivity index (χ2n) is 7.66. The minimum Gasteiger partial charge on any atom is -0.207 e. The second kappa shape index (κ2) is 9.57. The van der Waals surface area contributed by atoms with Crippen molar-refractivity contribution in [3.05, 3.63) is 90.2 Å². The zero-order valence-corrected chi connectivity index (χ0v) is 20.6. The largest absolute Gasteiger partial charge is 0.245 e. The minimum atomic E-state index is -4.51. The molecule has 0 atom stereocenters. The summed E-state index contributed by atoms with van der Waals surface area (Å²) in [6.07, 6.45) is 0. The molecule has 4 rings (SSSR count). The molecule has 192 valence electrons. The lowest BCUT2D eigenvalue weighted by atomic mass is 10.4. The van der Waals surface area contributed by atoms with Crippen LogP contribution in [0.25, 0.3) is 0 Å². The highest BCUT2D eigenvalue weighted by Gasteiger charge is 2.42. The third-order valence-corrected chi connectivity index (χ3v) is 10.6. The summed E-state index contributed by atoms with van der Waals surface area (Å²) in [7, 11) is -13.5. The first kappa shape index (κ1) is 26.2. The summed E-state index contributed by atoms with van der Waals surface area (Å²) in [6.45, 7) is -2.35. The van der Waals surface area contributed by atoms with E-state index in [0.29, 0.717) is 12.9 Å². The van der Waals surface area contributed by atoms with Crippen LogP contribution < -0.4 is 0 Å². The van der Waals surface area contributed by atoms with E-state index >= 15 is 0 Å². The van der Waals surface area contributed by atoms with Crippen molar-refractivity contribution in [3.8, 4) is 0 Å². The first-order valence-corrected chi connectivity index (χ1v) is 14.4. The van der Waals surface area contributed by atoms with Gasteiger partial charge < -0.3 is 0 Å². The Labute approximate surface area is 206 Å². The van der Waals surface area contributed by atoms with Gasteiger partial charge in [0.15, 0.2) is 0 Å². The monoisotopic (exact) mass is 561 g/mol. The molecule has 0 N–H and O–H groups in total. The normalized spacial score (nSPS) is 16.8. The fourth-order valence-corrected chi connectivity index (χ4v) is 7.69. The molecule has 3 aromatic carbocycles. The number of halogens is 3. The van der Waals surface area contributed by atoms with E-state index < -0.39 is 82.2 Å². The molecule has 0 radical (unpaired) electrons. The Morgan fingerprint density at radius 2 is 0.611 bits per heavy atom. The quantitative estimate of drug-likeness (QED) is 0.457. The molecule has 3 aromatic rings. The van der Waals surface area contributed by atoms with Crippen molar-refractivity contribution in [1.82, 2.24) is 12.9 Å². The van der Waals surface area contributed by atoms with Gasteiger partial charge in [-0.1, -0.05) is 0 Å². The Bertz CT molecular complexity index is 1380. The SMILES string of the molecule is O=S(=O)(c1ccc(F)cc1)N1CN(S(=O)(=O)c2ccc(F)cc2)CN(S(=O)(=O)c2ccc(F)cc2)C1. The highest BCUT2D eigenvalue weighted by Crippen LogP contribution is 2.28. The fourth-order valence-electron chi connectivity index (χ4n) is 3.38. The van der Waals surface area contributed by atoms with Gasteiger partial charge in [-0.15, -0.1) is 0 Å². The standard InChI is InChI=1S/C21H18F3N3O6S3/c22-16-1-7-19(8-2-16)34(28,29)25-13-26(35(30,31)20-9-3-17(23)4-10-20)15-27(14-25)36(32,33)21-11-5-18(24)6-12-21/h1-12H,13-15H2. The summed E-state index contributed by atoms with van der Waals surface area (Å²) >= 11 is 0. The van der Waals surface area contributed by atoms with E-state index in [9.17, 15) is 38.4 Å². The second-order valence-corrected chi connectivity index (χ2v) is 13.5. The Morgan fingerprint density at radius 1 is 0.417 bits per heavy atom. The molecule has 0 spiro atoms. The zero-order chi connectivity index (χ0) is 26.3. The van der Waals surface area contributed by atoms with Gasteiger partial charge in [-0.05, 0) is 72.8 Å². The van der Waals surface area contributed by atoms with E-state index in [4.69, 9.17) is 0 Å². The summed E-state index contributed by atoms with van der Waals surface area (Å²) < 4.78 is 121. The van der Waals surface area contributed by atoms with E-state index in [1.54, 1.807) is 0 Å². The molecule has 0 bridgehead atoms. The minimum absolute atomic E-state index is 0.399. The molecule has 1 aliphatic rings. The van der Waals surface area contributed by atoms with Crippen LogP contribution in [-0.4, -0.2) is 58.2 Å². The number of rotatable bonds is 6. The van der Waals surface area contributed by atoms with Gasteiger partial charge in [0.2, 0.25) is 30.1 Å². The van der Waals surface area contributed by atoms with Crippen molar-refractivity contribution in [3.63, 3.8) is 0 Å². The lowest BCUT2D eigenvalue weighted by Gasteiger charge is -2.39. The van der Waals surface area contributed by atoms with Crippen LogP contribution in [-0.2, 0) is 30.1 Å². The number of nitrogens with zero attached hydrogens (tertiary/aromatic N) is 3. The summed E-state index contributed by atoms with van der Waals surface area (Å²) in [5.74, 6) is -2.14. The molecule has 0 aliphatic carbocycles. The number of sulfonamides is 3. The smallest absolute Gasteiger partial charge is 0.207 e. The Hall–Kier alpha value is -2.82. The Kier molecular flexibility index (Phi) is 6.98. The highest BCUT2D eigenvalue weighted by molar-refractivity contribution is 7.90. The predicted molar refractivity (Wildman–Crippen MR) is 121 cm³/mol. The van der Waals surface area contributed by atoms with Crippen LogP contribution in [0.1, 0.15) is 0 Å². The van der Waals surface area contributed by atoms with Crippen molar-refractivity contribution in [2.75, 3.05) is 20.0 Å². The van der Waals surface area contributed by atoms with Gasteiger partial charge in [0.25, 0.3) is 0 Å². The first-order chi connectivity index (χ1) is 16.8. The molecule has 15 heteroatoms. The van der Waals surface area contributed by atoms with Crippen LogP contribution in [0.3, 0.4) is 0 Å². The first-order valence-electron chi connectivity index (χ1n) is 10.1. The summed E-state index contributed by atoms with van der Waals surface area (Å²) in [5.41, 5.74) is 0. The molecule has 0 saturated carbocycles. The fraction of sp³-hybridized carbons (Fsp3) is 0.143. The molecule has 1 saturated heterocycles. The van der Waals surface area contributed by atoms with Crippen LogP contribution in [0.2, 0.25) is 0 Å². The molecule has 9 nitrogen and oxygen atoms in total. The van der Waals surface area contributed by atoms with Crippen LogP contribution >= 0.6 is 0 Å². The topological polar surface area (TPSA) is 112 Å². The molecule has 0 aromatic heterocycles. The lowest BCUT2D eigenvalue weighted by Crippen LogP contribution is -2.59. The maximum atomic E-state index is 13.3. The van der Waals surface area contributed by atoms with Gasteiger partial charge in [-0.2, -0.15) is 12.9 Å². The van der Waals surface area contributed by atoms with Gasteiger partial charge in [0.05, 0.1) is 34.7 Å². The third-order valence-electron chi connectivity index (χ3n) is 5.30. The highest BCUT2D eigenvalue weighted by atomic mass is 32.2. The Balaban J connectivity index is 1.79. The van der Waals surface area contributed by atoms with Crippen molar-refractivity contribution >= 4 is 30.1 Å². The van der Waals surface area contributed by atoms with Crippen molar-refractivity contribution in [2.24, 2.45) is 0 Å². The maximum Gasteiger partial charge on any atom is 0.245 e. The van der Waals surface area contributed by atoms with Gasteiger partial charge in [-0.3, -0.25) is 0 Å². The van der Waals surface area contributed by atoms with Crippen LogP contribution in [0.15, 0.2) is 87.5 Å². The van der Waals surface area contributed by atoms with E-state index in [1.165, 1.54) is 0 Å². The van der Waals surface area contributed by atoms with Crippen LogP contribution in [0, 0.1) is 17.5 Å². The average molecular weight is 562 g/mol. The Morgan fingerprint density at radius 3 is 0.806 bits per heavy atom. The van der Waals surface area contributed by atoms with Gasteiger partial charge >= 0.3 is 0 Å². The molecule has 1 heterocycles. The van der Waals surface area contributed by atoms with Crippen LogP contribution in [0.4, 0.5) is 13.2 Å². The molecular formula is C21H18F3N3O6S3. The van der Waals surface area contributed by atoms with Crippen molar-refractivity contribution < 1.29 is 38.4 Å². The van der Waals surface area contributed by atoms with Crippen molar-refractivity contribution in [2.45, 2.75) is 14.7 Å². The van der Waals surface area contributed by atoms with Crippen LogP contribution in [0.5, 0.6) is 0 Å². The van der Waals surface area contributed by atoms with E-state index in [1.807, 2.05) is 0 Å². The molecule has 0 amide bonds. The van der Waals surface area contributed by atoms with Gasteiger partial charge in [0.1, 0.15) is 17.5 Å². The average Bonchev–Trinajstić information content (AvgIpc) is 2.84. The molecule has 1 aliphatic heterocycles. The molecule has 36 heavy (non-hydrogen) atoms. The van der Waals surface area contributed by atoms with E-state index in [0.717, 1.165) is 72.8 Å². The number of benzene rings is 3. The molecule has 0 unspecified atom stereocenters. The number of hydrogen-bond acceptors (Lipinski definition) is 6. The zero-order valence-electron chi connectivity index (χ0n) is 18.2. The van der Waals surface area contributed by atoms with Gasteiger partial charge in [-0.25, -0.2) is 38.4 Å². The third kappa shape index (κ3) is 5.02.